The first kappa shape index (κ1) is 17.7. The van der Waals surface area contributed by atoms with Crippen molar-refractivity contribution >= 4 is 5.97 Å². The fourth-order valence-electron chi connectivity index (χ4n) is 2.94. The lowest BCUT2D eigenvalue weighted by Crippen LogP contribution is -2.08. The number of phenolic OH excluding ortho intramolecular Hbond substituents is 1. The van der Waals surface area contributed by atoms with Gasteiger partial charge in [0, 0.05) is 19.0 Å². The van der Waals surface area contributed by atoms with Crippen LogP contribution in [0.1, 0.15) is 25.1 Å². The van der Waals surface area contributed by atoms with Gasteiger partial charge < -0.3 is 9.84 Å². The Morgan fingerprint density at radius 3 is 2.42 bits per heavy atom. The Morgan fingerprint density at radius 2 is 1.81 bits per heavy atom. The number of aromatic nitrogens is 2. The molecule has 0 amide bonds. The molecule has 0 spiro atoms. The molecule has 0 bridgehead atoms. The van der Waals surface area contributed by atoms with Gasteiger partial charge in [0.2, 0.25) is 0 Å². The predicted molar refractivity (Wildman–Crippen MR) is 100 cm³/mol. The summed E-state index contributed by atoms with van der Waals surface area (Å²) in [6.45, 7) is 4.09. The molecule has 134 valence electrons. The standard InChI is InChI=1S/C21H22N2O3/c1-3-19-21(26-15(2)24)20(17-7-5-4-6-8-17)22-23(19)14-13-16-9-11-18(25)12-10-16/h4-12,25H,3,13-14H2,1-2H3. The summed E-state index contributed by atoms with van der Waals surface area (Å²) in [6, 6.07) is 16.9. The SMILES string of the molecule is CCc1c(OC(C)=O)c(-c2ccccc2)nn1CCc1ccc(O)cc1. The minimum absolute atomic E-state index is 0.255. The Balaban J connectivity index is 1.95. The monoisotopic (exact) mass is 350 g/mol. The number of benzene rings is 2. The van der Waals surface area contributed by atoms with E-state index in [1.807, 2.05) is 54.1 Å². The molecule has 26 heavy (non-hydrogen) atoms. The lowest BCUT2D eigenvalue weighted by atomic mass is 10.1. The fraction of sp³-hybridized carbons (Fsp3) is 0.238. The van der Waals surface area contributed by atoms with Gasteiger partial charge in [-0.3, -0.25) is 9.48 Å². The van der Waals surface area contributed by atoms with E-state index in [1.54, 1.807) is 12.1 Å². The topological polar surface area (TPSA) is 64.3 Å². The molecule has 0 atom stereocenters. The van der Waals surface area contributed by atoms with Crippen molar-refractivity contribution < 1.29 is 14.6 Å². The quantitative estimate of drug-likeness (QED) is 0.683. The van der Waals surface area contributed by atoms with Gasteiger partial charge >= 0.3 is 5.97 Å². The van der Waals surface area contributed by atoms with Crippen LogP contribution in [0.3, 0.4) is 0 Å². The van der Waals surface area contributed by atoms with Crippen molar-refractivity contribution in [2.75, 3.05) is 0 Å². The first-order valence-corrected chi connectivity index (χ1v) is 8.70. The number of carbonyl (C=O) groups is 1. The van der Waals surface area contributed by atoms with Crippen LogP contribution in [-0.4, -0.2) is 20.9 Å². The van der Waals surface area contributed by atoms with Crippen molar-refractivity contribution in [1.82, 2.24) is 9.78 Å². The molecule has 1 heterocycles. The highest BCUT2D eigenvalue weighted by atomic mass is 16.5. The molecule has 5 nitrogen and oxygen atoms in total. The second-order valence-corrected chi connectivity index (χ2v) is 6.08. The van der Waals surface area contributed by atoms with E-state index in [0.717, 1.165) is 23.2 Å². The van der Waals surface area contributed by atoms with E-state index in [0.29, 0.717) is 24.4 Å². The molecular formula is C21H22N2O3. The summed E-state index contributed by atoms with van der Waals surface area (Å²) in [5, 5.41) is 14.1. The van der Waals surface area contributed by atoms with E-state index in [-0.39, 0.29) is 11.7 Å². The van der Waals surface area contributed by atoms with E-state index in [2.05, 4.69) is 0 Å². The summed E-state index contributed by atoms with van der Waals surface area (Å²) in [5.74, 6) is 0.442. The minimum Gasteiger partial charge on any atom is -0.508 e. The second-order valence-electron chi connectivity index (χ2n) is 6.08. The maximum absolute atomic E-state index is 11.6. The van der Waals surface area contributed by atoms with Crippen LogP contribution in [0.25, 0.3) is 11.3 Å². The van der Waals surface area contributed by atoms with Gasteiger partial charge in [0.1, 0.15) is 11.4 Å². The van der Waals surface area contributed by atoms with Gasteiger partial charge in [-0.1, -0.05) is 49.4 Å². The predicted octanol–water partition coefficient (Wildman–Crippen LogP) is 3.99. The van der Waals surface area contributed by atoms with Crippen LogP contribution in [0.2, 0.25) is 0 Å². The van der Waals surface area contributed by atoms with Crippen LogP contribution in [0, 0.1) is 0 Å². The zero-order valence-corrected chi connectivity index (χ0v) is 15.0. The molecule has 0 aliphatic heterocycles. The maximum Gasteiger partial charge on any atom is 0.308 e. The summed E-state index contributed by atoms with van der Waals surface area (Å²) in [7, 11) is 0. The summed E-state index contributed by atoms with van der Waals surface area (Å²) in [5.41, 5.74) is 3.61. The zero-order valence-electron chi connectivity index (χ0n) is 15.0. The number of phenols is 1. The second kappa shape index (κ2) is 7.87. The van der Waals surface area contributed by atoms with Crippen LogP contribution in [0.15, 0.2) is 54.6 Å². The number of nitrogens with zero attached hydrogens (tertiary/aromatic N) is 2. The van der Waals surface area contributed by atoms with Crippen molar-refractivity contribution in [3.05, 3.63) is 65.9 Å². The van der Waals surface area contributed by atoms with E-state index >= 15 is 0 Å². The number of aromatic hydroxyl groups is 1. The van der Waals surface area contributed by atoms with E-state index in [1.165, 1.54) is 6.92 Å². The van der Waals surface area contributed by atoms with Gasteiger partial charge in [-0.2, -0.15) is 5.10 Å². The van der Waals surface area contributed by atoms with Crippen LogP contribution in [-0.2, 0) is 24.2 Å². The molecule has 1 N–H and O–H groups in total. The third kappa shape index (κ3) is 3.94. The molecular weight excluding hydrogens is 328 g/mol. The normalized spacial score (nSPS) is 10.7. The lowest BCUT2D eigenvalue weighted by molar-refractivity contribution is -0.131. The van der Waals surface area contributed by atoms with Gasteiger partial charge in [0.05, 0.1) is 5.69 Å². The highest BCUT2D eigenvalue weighted by Crippen LogP contribution is 2.33. The molecule has 2 aromatic carbocycles. The Hall–Kier alpha value is -3.08. The van der Waals surface area contributed by atoms with Crippen molar-refractivity contribution in [1.29, 1.82) is 0 Å². The Kier molecular flexibility index (Phi) is 5.37. The molecule has 0 aliphatic rings. The molecule has 0 aliphatic carbocycles. The average Bonchev–Trinajstić information content (AvgIpc) is 2.98. The average molecular weight is 350 g/mol. The van der Waals surface area contributed by atoms with Gasteiger partial charge in [-0.15, -0.1) is 0 Å². The van der Waals surface area contributed by atoms with E-state index < -0.39 is 0 Å². The highest BCUT2D eigenvalue weighted by molar-refractivity contribution is 5.75. The molecule has 0 saturated heterocycles. The van der Waals surface area contributed by atoms with Crippen LogP contribution >= 0.6 is 0 Å². The van der Waals surface area contributed by atoms with Gasteiger partial charge in [0.25, 0.3) is 0 Å². The molecule has 3 rings (SSSR count). The molecule has 0 fully saturated rings. The van der Waals surface area contributed by atoms with Gasteiger partial charge in [-0.25, -0.2) is 0 Å². The minimum atomic E-state index is -0.352. The number of hydrogen-bond acceptors (Lipinski definition) is 4. The molecule has 0 unspecified atom stereocenters. The molecule has 0 radical (unpaired) electrons. The first-order chi connectivity index (χ1) is 12.6. The van der Waals surface area contributed by atoms with Crippen molar-refractivity contribution in [2.24, 2.45) is 0 Å². The highest BCUT2D eigenvalue weighted by Gasteiger charge is 2.21. The lowest BCUT2D eigenvalue weighted by Gasteiger charge is -2.08. The van der Waals surface area contributed by atoms with Crippen molar-refractivity contribution in [3.8, 4) is 22.8 Å². The third-order valence-corrected chi connectivity index (χ3v) is 4.19. The largest absolute Gasteiger partial charge is 0.508 e. The van der Waals surface area contributed by atoms with Crippen molar-refractivity contribution in [3.63, 3.8) is 0 Å². The fourth-order valence-corrected chi connectivity index (χ4v) is 2.94. The first-order valence-electron chi connectivity index (χ1n) is 8.70. The molecule has 3 aromatic rings. The Labute approximate surface area is 152 Å². The number of esters is 1. The van der Waals surface area contributed by atoms with Gasteiger partial charge in [0.15, 0.2) is 5.75 Å². The molecule has 1 aromatic heterocycles. The third-order valence-electron chi connectivity index (χ3n) is 4.19. The summed E-state index contributed by atoms with van der Waals surface area (Å²) in [6.07, 6.45) is 1.47. The number of carbonyl (C=O) groups excluding carboxylic acids is 1. The van der Waals surface area contributed by atoms with Gasteiger partial charge in [-0.05, 0) is 30.5 Å². The molecule has 0 saturated carbocycles. The number of ether oxygens (including phenoxy) is 1. The molecule has 5 heteroatoms. The Bertz CT molecular complexity index is 884. The number of rotatable bonds is 6. The number of aryl methyl sites for hydroxylation is 2. The summed E-state index contributed by atoms with van der Waals surface area (Å²) < 4.78 is 7.43. The van der Waals surface area contributed by atoms with Crippen LogP contribution in [0.4, 0.5) is 0 Å². The van der Waals surface area contributed by atoms with E-state index in [9.17, 15) is 9.90 Å². The van der Waals surface area contributed by atoms with E-state index in [4.69, 9.17) is 9.84 Å². The van der Waals surface area contributed by atoms with Crippen LogP contribution < -0.4 is 4.74 Å². The van der Waals surface area contributed by atoms with Crippen molar-refractivity contribution in [2.45, 2.75) is 33.2 Å². The summed E-state index contributed by atoms with van der Waals surface area (Å²) >= 11 is 0. The Morgan fingerprint density at radius 1 is 1.12 bits per heavy atom. The zero-order chi connectivity index (χ0) is 18.5. The van der Waals surface area contributed by atoms with Crippen LogP contribution in [0.5, 0.6) is 11.5 Å². The smallest absolute Gasteiger partial charge is 0.308 e. The maximum atomic E-state index is 11.6. The number of hydrogen-bond donors (Lipinski definition) is 1. The summed E-state index contributed by atoms with van der Waals surface area (Å²) in [4.78, 5) is 11.6.